The Labute approximate surface area is 203 Å². The topological polar surface area (TPSA) is 105 Å². The van der Waals surface area contributed by atoms with Gasteiger partial charge >= 0.3 is 5.76 Å². The summed E-state index contributed by atoms with van der Waals surface area (Å²) < 4.78 is 10.6. The number of ether oxygens (including phenoxy) is 1. The molecule has 3 aromatic carbocycles. The number of phenols is 1. The third-order valence-electron chi connectivity index (χ3n) is 5.60. The van der Waals surface area contributed by atoms with Crippen LogP contribution in [-0.2, 0) is 6.61 Å². The highest BCUT2D eigenvalue weighted by Crippen LogP contribution is 2.34. The molecule has 0 spiro atoms. The van der Waals surface area contributed by atoms with E-state index in [9.17, 15) is 14.7 Å². The molecule has 4 rings (SSSR count). The van der Waals surface area contributed by atoms with Crippen LogP contribution >= 0.6 is 0 Å². The minimum absolute atomic E-state index is 0.0341. The molecule has 0 radical (unpaired) electrons. The quantitative estimate of drug-likeness (QED) is 0.324. The number of phenolic OH excluding ortho intramolecular Hbond substituents is 1. The Balaban J connectivity index is 1.51. The van der Waals surface area contributed by atoms with Gasteiger partial charge in [-0.2, -0.15) is 0 Å². The Kier molecular flexibility index (Phi) is 6.60. The second kappa shape index (κ2) is 9.62. The van der Waals surface area contributed by atoms with E-state index in [1.165, 1.54) is 0 Å². The lowest BCUT2D eigenvalue weighted by Gasteiger charge is -2.18. The number of carbonyl (C=O) groups is 1. The zero-order valence-corrected chi connectivity index (χ0v) is 20.2. The number of aromatic amines is 1. The van der Waals surface area contributed by atoms with Crippen molar-refractivity contribution in [3.05, 3.63) is 87.9 Å². The predicted molar refractivity (Wildman–Crippen MR) is 134 cm³/mol. The van der Waals surface area contributed by atoms with E-state index in [1.54, 1.807) is 19.1 Å². The van der Waals surface area contributed by atoms with Crippen molar-refractivity contribution >= 4 is 5.78 Å². The van der Waals surface area contributed by atoms with Crippen LogP contribution in [0.2, 0.25) is 0 Å². The normalized spacial score (nSPS) is 11.4. The van der Waals surface area contributed by atoms with Gasteiger partial charge in [-0.3, -0.25) is 14.3 Å². The van der Waals surface area contributed by atoms with E-state index in [4.69, 9.17) is 4.74 Å². The van der Waals surface area contributed by atoms with Crippen molar-refractivity contribution in [3.63, 3.8) is 0 Å². The number of nitrogens with one attached hydrogen (secondary N) is 1. The molecule has 0 amide bonds. The molecule has 0 saturated heterocycles. The van der Waals surface area contributed by atoms with Crippen LogP contribution in [0.3, 0.4) is 0 Å². The number of ketones is 1. The first kappa shape index (κ1) is 24.0. The van der Waals surface area contributed by atoms with E-state index >= 15 is 0 Å². The van der Waals surface area contributed by atoms with E-state index in [1.807, 2.05) is 69.3 Å². The van der Waals surface area contributed by atoms with Gasteiger partial charge in [-0.15, -0.1) is 0 Å². The van der Waals surface area contributed by atoms with Gasteiger partial charge in [-0.1, -0.05) is 62.3 Å². The molecule has 7 heteroatoms. The summed E-state index contributed by atoms with van der Waals surface area (Å²) in [6.45, 7) is 8.01. The number of aromatic hydroxyl groups is 1. The summed E-state index contributed by atoms with van der Waals surface area (Å²) >= 11 is 0. The van der Waals surface area contributed by atoms with Gasteiger partial charge in [-0.05, 0) is 53.3 Å². The van der Waals surface area contributed by atoms with Crippen molar-refractivity contribution in [2.24, 2.45) is 5.41 Å². The van der Waals surface area contributed by atoms with Crippen molar-refractivity contribution in [2.75, 3.05) is 0 Å². The first-order chi connectivity index (χ1) is 16.6. The predicted octanol–water partition coefficient (Wildman–Crippen LogP) is 5.91. The Hall–Kier alpha value is -4.13. The zero-order chi connectivity index (χ0) is 25.2. The summed E-state index contributed by atoms with van der Waals surface area (Å²) in [7, 11) is 0. The Morgan fingerprint density at radius 3 is 2.40 bits per heavy atom. The molecule has 1 aromatic heterocycles. The van der Waals surface area contributed by atoms with Crippen LogP contribution in [0.15, 0.2) is 70.0 Å². The molecule has 0 aliphatic carbocycles. The molecule has 0 aliphatic heterocycles. The first-order valence-electron chi connectivity index (χ1n) is 11.3. The average Bonchev–Trinajstić information content (AvgIpc) is 3.25. The fraction of sp³-hybridized carbons (Fsp3) is 0.250. The first-order valence-corrected chi connectivity index (χ1v) is 11.3. The number of nitrogens with zero attached hydrogens (tertiary/aromatic N) is 1. The van der Waals surface area contributed by atoms with Crippen molar-refractivity contribution in [1.82, 2.24) is 10.1 Å². The number of rotatable bonds is 7. The summed E-state index contributed by atoms with van der Waals surface area (Å²) in [5, 5.41) is 14.4. The Bertz CT molecular complexity index is 1430. The maximum Gasteiger partial charge on any atom is 0.439 e. The Morgan fingerprint density at radius 1 is 1.03 bits per heavy atom. The van der Waals surface area contributed by atoms with Gasteiger partial charge in [0.1, 0.15) is 18.1 Å². The molecule has 35 heavy (non-hydrogen) atoms. The maximum absolute atomic E-state index is 12.6. The number of hydrogen-bond acceptors (Lipinski definition) is 6. The van der Waals surface area contributed by atoms with Gasteiger partial charge in [0.15, 0.2) is 11.6 Å². The van der Waals surface area contributed by atoms with Crippen LogP contribution in [0.4, 0.5) is 0 Å². The molecule has 0 atom stereocenters. The second-order valence-corrected chi connectivity index (χ2v) is 9.76. The maximum atomic E-state index is 12.6. The van der Waals surface area contributed by atoms with Gasteiger partial charge in [0, 0.05) is 17.5 Å². The average molecular weight is 473 g/mol. The van der Waals surface area contributed by atoms with Gasteiger partial charge in [0.2, 0.25) is 0 Å². The standard InChI is InChI=1S/C28H28N2O5/c1-17-24(12-11-22(25(17)32)23(31)15-28(2,3)4)34-16-18-7-5-8-19(13-18)20-9-6-10-21(14-20)26-29-27(33)35-30-26/h5-14,32H,15-16H2,1-4H3,(H,29,30,33). The van der Waals surface area contributed by atoms with E-state index in [0.29, 0.717) is 35.7 Å². The molecule has 0 unspecified atom stereocenters. The summed E-state index contributed by atoms with van der Waals surface area (Å²) in [5.74, 6) is 0.174. The highest BCUT2D eigenvalue weighted by Gasteiger charge is 2.21. The number of aromatic nitrogens is 2. The number of hydrogen-bond donors (Lipinski definition) is 2. The van der Waals surface area contributed by atoms with Gasteiger partial charge < -0.3 is 9.84 Å². The minimum Gasteiger partial charge on any atom is -0.507 e. The fourth-order valence-electron chi connectivity index (χ4n) is 3.84. The van der Waals surface area contributed by atoms with E-state index < -0.39 is 5.76 Å². The van der Waals surface area contributed by atoms with Crippen LogP contribution in [0, 0.1) is 12.3 Å². The summed E-state index contributed by atoms with van der Waals surface area (Å²) in [6, 6.07) is 18.9. The molecule has 1 heterocycles. The number of H-pyrrole nitrogens is 1. The highest BCUT2D eigenvalue weighted by atomic mass is 16.5. The molecule has 0 aliphatic rings. The summed E-state index contributed by atoms with van der Waals surface area (Å²) in [4.78, 5) is 26.4. The van der Waals surface area contributed by atoms with Gasteiger partial charge in [-0.25, -0.2) is 4.79 Å². The SMILES string of the molecule is Cc1c(OCc2cccc(-c3cccc(-c4noc(=O)[nH]4)c3)c2)ccc(C(=O)CC(C)(C)C)c1O. The van der Waals surface area contributed by atoms with Crippen molar-refractivity contribution < 1.29 is 19.2 Å². The van der Waals surface area contributed by atoms with Crippen LogP contribution in [0.1, 0.15) is 48.7 Å². The van der Waals surface area contributed by atoms with E-state index in [0.717, 1.165) is 22.3 Å². The largest absolute Gasteiger partial charge is 0.507 e. The Morgan fingerprint density at radius 2 is 1.71 bits per heavy atom. The molecule has 4 aromatic rings. The molecule has 180 valence electrons. The number of Topliss-reactive ketones (excluding diaryl/α,β-unsaturated/α-hetero) is 1. The fourth-order valence-corrected chi connectivity index (χ4v) is 3.84. The third-order valence-corrected chi connectivity index (χ3v) is 5.60. The monoisotopic (exact) mass is 472 g/mol. The van der Waals surface area contributed by atoms with E-state index in [2.05, 4.69) is 14.7 Å². The molecule has 0 bridgehead atoms. The van der Waals surface area contributed by atoms with E-state index in [-0.39, 0.29) is 16.9 Å². The molecular formula is C28H28N2O5. The van der Waals surface area contributed by atoms with Crippen LogP contribution < -0.4 is 10.5 Å². The zero-order valence-electron chi connectivity index (χ0n) is 20.2. The van der Waals surface area contributed by atoms with Crippen LogP contribution in [-0.4, -0.2) is 21.0 Å². The minimum atomic E-state index is -0.600. The second-order valence-electron chi connectivity index (χ2n) is 9.76. The van der Waals surface area contributed by atoms with Crippen molar-refractivity contribution in [1.29, 1.82) is 0 Å². The molecule has 7 nitrogen and oxygen atoms in total. The molecular weight excluding hydrogens is 444 g/mol. The summed E-state index contributed by atoms with van der Waals surface area (Å²) in [6.07, 6.45) is 0.348. The van der Waals surface area contributed by atoms with Crippen molar-refractivity contribution in [2.45, 2.75) is 40.7 Å². The van der Waals surface area contributed by atoms with Gasteiger partial charge in [0.25, 0.3) is 0 Å². The number of carbonyl (C=O) groups excluding carboxylic acids is 1. The smallest absolute Gasteiger partial charge is 0.439 e. The lowest BCUT2D eigenvalue weighted by atomic mass is 9.87. The lowest BCUT2D eigenvalue weighted by Crippen LogP contribution is -2.13. The molecule has 0 fully saturated rings. The summed E-state index contributed by atoms with van der Waals surface area (Å²) in [5.41, 5.74) is 4.29. The van der Waals surface area contributed by atoms with Crippen LogP contribution in [0.25, 0.3) is 22.5 Å². The lowest BCUT2D eigenvalue weighted by molar-refractivity contribution is 0.0937. The number of benzene rings is 3. The third kappa shape index (κ3) is 5.69. The molecule has 2 N–H and O–H groups in total. The van der Waals surface area contributed by atoms with Crippen LogP contribution in [0.5, 0.6) is 11.5 Å². The van der Waals surface area contributed by atoms with Crippen molar-refractivity contribution in [3.8, 4) is 34.0 Å². The highest BCUT2D eigenvalue weighted by molar-refractivity contribution is 5.99. The van der Waals surface area contributed by atoms with Gasteiger partial charge in [0.05, 0.1) is 5.56 Å². The molecule has 0 saturated carbocycles.